The summed E-state index contributed by atoms with van der Waals surface area (Å²) in [7, 11) is 0. The molecule has 0 saturated carbocycles. The second kappa shape index (κ2) is 8.41. The van der Waals surface area contributed by atoms with Gasteiger partial charge in [-0.15, -0.1) is 0 Å². The summed E-state index contributed by atoms with van der Waals surface area (Å²) in [5, 5.41) is 7.77. The predicted octanol–water partition coefficient (Wildman–Crippen LogP) is 4.36. The van der Waals surface area contributed by atoms with Crippen molar-refractivity contribution in [2.24, 2.45) is 0 Å². The molecule has 27 heavy (non-hydrogen) atoms. The molecular weight excluding hydrogens is 389 g/mol. The largest absolute Gasteiger partial charge is 0.484 e. The van der Waals surface area contributed by atoms with E-state index in [4.69, 9.17) is 32.5 Å². The monoisotopic (exact) mass is 405 g/mol. The number of nitrogens with zero attached hydrogens (tertiary/aromatic N) is 2. The van der Waals surface area contributed by atoms with Crippen LogP contribution in [0.25, 0.3) is 11.4 Å². The van der Waals surface area contributed by atoms with Gasteiger partial charge in [0.25, 0.3) is 5.91 Å². The zero-order chi connectivity index (χ0) is 19.4. The van der Waals surface area contributed by atoms with Gasteiger partial charge in [0.1, 0.15) is 5.75 Å². The quantitative estimate of drug-likeness (QED) is 0.659. The lowest BCUT2D eigenvalue weighted by Crippen LogP contribution is -2.28. The SMILES string of the molecule is Cc1cc(OCC(=O)NCc2nc(-c3ccccc3Cl)no2)cc(C)c1Cl. The second-order valence-corrected chi connectivity index (χ2v) is 6.71. The number of ether oxygens (including phenoxy) is 1. The first-order chi connectivity index (χ1) is 12.9. The summed E-state index contributed by atoms with van der Waals surface area (Å²) in [6, 6.07) is 10.8. The Hall–Kier alpha value is -2.57. The van der Waals surface area contributed by atoms with E-state index in [0.29, 0.717) is 27.2 Å². The van der Waals surface area contributed by atoms with E-state index in [1.165, 1.54) is 0 Å². The molecule has 6 nitrogen and oxygen atoms in total. The second-order valence-electron chi connectivity index (χ2n) is 5.93. The third-order valence-corrected chi connectivity index (χ3v) is 4.73. The minimum atomic E-state index is -0.308. The van der Waals surface area contributed by atoms with Crippen LogP contribution >= 0.6 is 23.2 Å². The average molecular weight is 406 g/mol. The first-order valence-electron chi connectivity index (χ1n) is 8.18. The number of hydrogen-bond donors (Lipinski definition) is 1. The van der Waals surface area contributed by atoms with E-state index in [1.807, 2.05) is 26.0 Å². The van der Waals surface area contributed by atoms with E-state index in [0.717, 1.165) is 11.1 Å². The summed E-state index contributed by atoms with van der Waals surface area (Å²) in [6.45, 7) is 3.73. The number of aromatic nitrogens is 2. The van der Waals surface area contributed by atoms with Gasteiger partial charge in [0.15, 0.2) is 6.61 Å². The number of rotatable bonds is 6. The van der Waals surface area contributed by atoms with E-state index in [1.54, 1.807) is 24.3 Å². The normalized spacial score (nSPS) is 10.7. The van der Waals surface area contributed by atoms with Gasteiger partial charge in [0, 0.05) is 10.6 Å². The Morgan fingerprint density at radius 1 is 1.19 bits per heavy atom. The summed E-state index contributed by atoms with van der Waals surface area (Å²) in [5.74, 6) is 0.922. The molecule has 1 amide bonds. The summed E-state index contributed by atoms with van der Waals surface area (Å²) in [4.78, 5) is 16.2. The fraction of sp³-hybridized carbons (Fsp3) is 0.211. The minimum Gasteiger partial charge on any atom is -0.484 e. The Labute approximate surface area is 166 Å². The van der Waals surface area contributed by atoms with Gasteiger partial charge in [-0.05, 0) is 49.2 Å². The molecule has 8 heteroatoms. The lowest BCUT2D eigenvalue weighted by Gasteiger charge is -2.09. The fourth-order valence-corrected chi connectivity index (χ4v) is 2.77. The predicted molar refractivity (Wildman–Crippen MR) is 103 cm³/mol. The third kappa shape index (κ3) is 4.78. The molecule has 0 radical (unpaired) electrons. The number of hydrogen-bond acceptors (Lipinski definition) is 5. The van der Waals surface area contributed by atoms with Crippen LogP contribution in [0.4, 0.5) is 0 Å². The maximum Gasteiger partial charge on any atom is 0.258 e. The summed E-state index contributed by atoms with van der Waals surface area (Å²) in [6.07, 6.45) is 0. The molecule has 3 rings (SSSR count). The van der Waals surface area contributed by atoms with Crippen molar-refractivity contribution in [3.8, 4) is 17.1 Å². The molecule has 0 aliphatic heterocycles. The molecule has 0 fully saturated rings. The van der Waals surface area contributed by atoms with Crippen LogP contribution in [0, 0.1) is 13.8 Å². The van der Waals surface area contributed by atoms with Crippen molar-refractivity contribution in [1.29, 1.82) is 0 Å². The number of carbonyl (C=O) groups is 1. The highest BCUT2D eigenvalue weighted by atomic mass is 35.5. The highest BCUT2D eigenvalue weighted by Gasteiger charge is 2.12. The summed E-state index contributed by atoms with van der Waals surface area (Å²) >= 11 is 12.2. The highest BCUT2D eigenvalue weighted by molar-refractivity contribution is 6.33. The van der Waals surface area contributed by atoms with Gasteiger partial charge >= 0.3 is 0 Å². The Morgan fingerprint density at radius 3 is 2.59 bits per heavy atom. The highest BCUT2D eigenvalue weighted by Crippen LogP contribution is 2.26. The van der Waals surface area contributed by atoms with Crippen molar-refractivity contribution in [2.75, 3.05) is 6.61 Å². The van der Waals surface area contributed by atoms with Crippen LogP contribution in [-0.2, 0) is 11.3 Å². The van der Waals surface area contributed by atoms with E-state index in [2.05, 4.69) is 15.5 Å². The summed E-state index contributed by atoms with van der Waals surface area (Å²) in [5.41, 5.74) is 2.45. The van der Waals surface area contributed by atoms with E-state index < -0.39 is 0 Å². The molecule has 2 aromatic carbocycles. The van der Waals surface area contributed by atoms with Crippen LogP contribution in [0.3, 0.4) is 0 Å². The van der Waals surface area contributed by atoms with Gasteiger partial charge in [0.2, 0.25) is 11.7 Å². The minimum absolute atomic E-state index is 0.0956. The molecule has 140 valence electrons. The van der Waals surface area contributed by atoms with Gasteiger partial charge in [0.05, 0.1) is 11.6 Å². The molecule has 1 heterocycles. The first kappa shape index (κ1) is 19.2. The van der Waals surface area contributed by atoms with Crippen molar-refractivity contribution >= 4 is 29.1 Å². The zero-order valence-electron chi connectivity index (χ0n) is 14.8. The maximum absolute atomic E-state index is 12.0. The topological polar surface area (TPSA) is 77.2 Å². The molecule has 0 spiro atoms. The van der Waals surface area contributed by atoms with Crippen LogP contribution in [0.1, 0.15) is 17.0 Å². The van der Waals surface area contributed by atoms with Gasteiger partial charge in [-0.25, -0.2) is 0 Å². The fourth-order valence-electron chi connectivity index (χ4n) is 2.44. The number of carbonyl (C=O) groups excluding carboxylic acids is 1. The van der Waals surface area contributed by atoms with Gasteiger partial charge < -0.3 is 14.6 Å². The van der Waals surface area contributed by atoms with Crippen LogP contribution in [0.5, 0.6) is 5.75 Å². The Balaban J connectivity index is 1.53. The van der Waals surface area contributed by atoms with Gasteiger partial charge in [-0.1, -0.05) is 40.5 Å². The Morgan fingerprint density at radius 2 is 1.89 bits per heavy atom. The maximum atomic E-state index is 12.0. The summed E-state index contributed by atoms with van der Waals surface area (Å²) < 4.78 is 10.7. The molecule has 0 atom stereocenters. The van der Waals surface area contributed by atoms with Gasteiger partial charge in [-0.2, -0.15) is 4.98 Å². The van der Waals surface area contributed by atoms with Crippen LogP contribution in [-0.4, -0.2) is 22.7 Å². The van der Waals surface area contributed by atoms with E-state index in [9.17, 15) is 4.79 Å². The molecule has 0 bridgehead atoms. The molecule has 0 saturated heterocycles. The van der Waals surface area contributed by atoms with Crippen molar-refractivity contribution in [1.82, 2.24) is 15.5 Å². The third-order valence-electron chi connectivity index (χ3n) is 3.80. The van der Waals surface area contributed by atoms with E-state index in [-0.39, 0.29) is 24.9 Å². The smallest absolute Gasteiger partial charge is 0.258 e. The molecule has 1 aromatic heterocycles. The van der Waals surface area contributed by atoms with Crippen LogP contribution in [0.15, 0.2) is 40.9 Å². The van der Waals surface area contributed by atoms with Gasteiger partial charge in [-0.3, -0.25) is 4.79 Å². The molecule has 3 aromatic rings. The Kier molecular flexibility index (Phi) is 5.98. The van der Waals surface area contributed by atoms with Crippen molar-refractivity contribution in [2.45, 2.75) is 20.4 Å². The number of halogens is 2. The molecule has 0 aliphatic rings. The van der Waals surface area contributed by atoms with Crippen molar-refractivity contribution in [3.05, 3.63) is 63.5 Å². The standard InChI is InChI=1S/C19H17Cl2N3O3/c1-11-7-13(8-12(2)18(11)21)26-10-16(25)22-9-17-23-19(24-27-17)14-5-3-4-6-15(14)20/h3-8H,9-10H2,1-2H3,(H,22,25). The number of nitrogens with one attached hydrogen (secondary N) is 1. The van der Waals surface area contributed by atoms with Crippen molar-refractivity contribution in [3.63, 3.8) is 0 Å². The number of aryl methyl sites for hydroxylation is 2. The lowest BCUT2D eigenvalue weighted by molar-refractivity contribution is -0.123. The van der Waals surface area contributed by atoms with Crippen molar-refractivity contribution < 1.29 is 14.1 Å². The average Bonchev–Trinajstić information content (AvgIpc) is 3.11. The molecule has 1 N–H and O–H groups in total. The van der Waals surface area contributed by atoms with E-state index >= 15 is 0 Å². The number of amides is 1. The number of benzene rings is 2. The Bertz CT molecular complexity index is 949. The van der Waals surface area contributed by atoms with Crippen LogP contribution in [0.2, 0.25) is 10.0 Å². The first-order valence-corrected chi connectivity index (χ1v) is 8.93. The molecule has 0 unspecified atom stereocenters. The zero-order valence-corrected chi connectivity index (χ0v) is 16.3. The molecular formula is C19H17Cl2N3O3. The lowest BCUT2D eigenvalue weighted by atomic mass is 10.1. The van der Waals surface area contributed by atoms with Crippen LogP contribution < -0.4 is 10.1 Å². The molecule has 0 aliphatic carbocycles.